The van der Waals surface area contributed by atoms with Gasteiger partial charge in [-0.15, -0.1) is 0 Å². The Labute approximate surface area is 101 Å². The molecular weight excluding hydrogens is 196 g/mol. The molecule has 2 aliphatic heterocycles. The van der Waals surface area contributed by atoms with Gasteiger partial charge in [-0.3, -0.25) is 4.90 Å². The molecule has 94 valence electrons. The van der Waals surface area contributed by atoms with E-state index < -0.39 is 0 Å². The van der Waals surface area contributed by atoms with Gasteiger partial charge in [0.15, 0.2) is 0 Å². The number of nitrogens with zero attached hydrogens (tertiary/aromatic N) is 1. The van der Waals surface area contributed by atoms with Gasteiger partial charge in [0.05, 0.1) is 0 Å². The minimum absolute atomic E-state index is 0.567. The Balaban J connectivity index is 1.96. The molecule has 2 nitrogen and oxygen atoms in total. The van der Waals surface area contributed by atoms with Crippen LogP contribution in [-0.4, -0.2) is 36.6 Å². The lowest BCUT2D eigenvalue weighted by molar-refractivity contribution is 0.0932. The van der Waals surface area contributed by atoms with Crippen molar-refractivity contribution in [3.05, 3.63) is 0 Å². The first-order valence-electron chi connectivity index (χ1n) is 7.11. The lowest BCUT2D eigenvalue weighted by Crippen LogP contribution is -2.46. The fourth-order valence-electron chi connectivity index (χ4n) is 3.48. The van der Waals surface area contributed by atoms with Crippen LogP contribution in [0.5, 0.6) is 0 Å². The van der Waals surface area contributed by atoms with Crippen LogP contribution >= 0.6 is 0 Å². The van der Waals surface area contributed by atoms with Crippen molar-refractivity contribution in [2.24, 2.45) is 5.41 Å². The van der Waals surface area contributed by atoms with Crippen LogP contribution in [0.15, 0.2) is 0 Å². The molecule has 0 aromatic rings. The van der Waals surface area contributed by atoms with E-state index in [1.807, 2.05) is 0 Å². The number of hydrogen-bond acceptors (Lipinski definition) is 2. The summed E-state index contributed by atoms with van der Waals surface area (Å²) in [5, 5.41) is 3.48. The summed E-state index contributed by atoms with van der Waals surface area (Å²) in [5.41, 5.74) is 0.567. The van der Waals surface area contributed by atoms with Crippen molar-refractivity contribution in [3.8, 4) is 0 Å². The summed E-state index contributed by atoms with van der Waals surface area (Å²) in [4.78, 5) is 2.80. The minimum Gasteiger partial charge on any atom is -0.317 e. The summed E-state index contributed by atoms with van der Waals surface area (Å²) >= 11 is 0. The van der Waals surface area contributed by atoms with Crippen molar-refractivity contribution in [1.29, 1.82) is 0 Å². The Kier molecular flexibility index (Phi) is 3.91. The highest BCUT2D eigenvalue weighted by molar-refractivity contribution is 4.91. The molecule has 0 aromatic heterocycles. The average molecular weight is 224 g/mol. The molecule has 2 unspecified atom stereocenters. The van der Waals surface area contributed by atoms with Gasteiger partial charge >= 0.3 is 0 Å². The lowest BCUT2D eigenvalue weighted by Gasteiger charge is -2.41. The maximum atomic E-state index is 3.48. The Morgan fingerprint density at radius 3 is 2.56 bits per heavy atom. The van der Waals surface area contributed by atoms with Crippen LogP contribution in [-0.2, 0) is 0 Å². The van der Waals surface area contributed by atoms with Crippen LogP contribution in [0.3, 0.4) is 0 Å². The van der Waals surface area contributed by atoms with Crippen LogP contribution in [0.1, 0.15) is 52.9 Å². The highest BCUT2D eigenvalue weighted by atomic mass is 15.2. The number of likely N-dealkylation sites (tertiary alicyclic amines) is 1. The van der Waals surface area contributed by atoms with Crippen LogP contribution in [0, 0.1) is 5.41 Å². The zero-order valence-electron chi connectivity index (χ0n) is 11.3. The van der Waals surface area contributed by atoms with E-state index in [0.29, 0.717) is 5.41 Å². The van der Waals surface area contributed by atoms with Crippen LogP contribution in [0.2, 0.25) is 0 Å². The third kappa shape index (κ3) is 2.60. The fraction of sp³-hybridized carbons (Fsp3) is 1.00. The normalized spacial score (nSPS) is 35.4. The van der Waals surface area contributed by atoms with E-state index in [0.717, 1.165) is 12.1 Å². The van der Waals surface area contributed by atoms with Crippen molar-refractivity contribution in [1.82, 2.24) is 10.2 Å². The molecule has 2 aliphatic rings. The first kappa shape index (κ1) is 12.4. The molecular formula is C14H28N2. The molecule has 0 saturated carbocycles. The molecule has 2 rings (SSSR count). The fourth-order valence-corrected chi connectivity index (χ4v) is 3.48. The predicted octanol–water partition coefficient (Wildman–Crippen LogP) is 2.64. The predicted molar refractivity (Wildman–Crippen MR) is 69.7 cm³/mol. The maximum absolute atomic E-state index is 3.48. The molecule has 1 N–H and O–H groups in total. The van der Waals surface area contributed by atoms with E-state index in [1.165, 1.54) is 51.7 Å². The van der Waals surface area contributed by atoms with Gasteiger partial charge < -0.3 is 5.32 Å². The highest BCUT2D eigenvalue weighted by Gasteiger charge is 2.36. The van der Waals surface area contributed by atoms with Gasteiger partial charge in [0.1, 0.15) is 0 Å². The Hall–Kier alpha value is -0.0800. The summed E-state index contributed by atoms with van der Waals surface area (Å²) in [5.74, 6) is 0. The quantitative estimate of drug-likeness (QED) is 0.793. The minimum atomic E-state index is 0.567. The molecule has 0 amide bonds. The zero-order valence-corrected chi connectivity index (χ0v) is 11.3. The highest BCUT2D eigenvalue weighted by Crippen LogP contribution is 2.34. The molecule has 2 heteroatoms. The van der Waals surface area contributed by atoms with Gasteiger partial charge in [-0.1, -0.05) is 13.8 Å². The summed E-state index contributed by atoms with van der Waals surface area (Å²) in [6, 6.07) is 1.68. The molecule has 16 heavy (non-hydrogen) atoms. The number of nitrogens with one attached hydrogen (secondary N) is 1. The third-order valence-corrected chi connectivity index (χ3v) is 4.80. The molecule has 2 atom stereocenters. The molecule has 2 heterocycles. The van der Waals surface area contributed by atoms with E-state index in [1.54, 1.807) is 0 Å². The summed E-state index contributed by atoms with van der Waals surface area (Å²) in [6.45, 7) is 11.0. The molecule has 2 fully saturated rings. The van der Waals surface area contributed by atoms with Crippen molar-refractivity contribution >= 4 is 0 Å². The zero-order chi connectivity index (χ0) is 11.6. The van der Waals surface area contributed by atoms with Gasteiger partial charge in [0.25, 0.3) is 0 Å². The van der Waals surface area contributed by atoms with E-state index in [9.17, 15) is 0 Å². The largest absolute Gasteiger partial charge is 0.317 e. The summed E-state index contributed by atoms with van der Waals surface area (Å²) in [7, 11) is 0. The second-order valence-electron chi connectivity index (χ2n) is 6.22. The first-order valence-corrected chi connectivity index (χ1v) is 7.11. The Morgan fingerprint density at radius 1 is 1.25 bits per heavy atom. The van der Waals surface area contributed by atoms with Crippen molar-refractivity contribution < 1.29 is 0 Å². The Morgan fingerprint density at radius 2 is 1.94 bits per heavy atom. The SMILES string of the molecule is CCC1CCC(C)N1CC1(C)CCNCC1. The number of piperidine rings is 1. The molecule has 0 aliphatic carbocycles. The number of rotatable bonds is 3. The number of hydrogen-bond donors (Lipinski definition) is 1. The van der Waals surface area contributed by atoms with Crippen LogP contribution in [0.4, 0.5) is 0 Å². The standard InChI is InChI=1S/C14H28N2/c1-4-13-6-5-12(2)16(13)11-14(3)7-9-15-10-8-14/h12-13,15H,4-11H2,1-3H3. The molecule has 0 bridgehead atoms. The summed E-state index contributed by atoms with van der Waals surface area (Å²) < 4.78 is 0. The third-order valence-electron chi connectivity index (χ3n) is 4.80. The maximum Gasteiger partial charge on any atom is 0.00962 e. The monoisotopic (exact) mass is 224 g/mol. The van der Waals surface area contributed by atoms with Gasteiger partial charge in [0.2, 0.25) is 0 Å². The van der Waals surface area contributed by atoms with Crippen molar-refractivity contribution in [2.45, 2.75) is 65.0 Å². The average Bonchev–Trinajstić information content (AvgIpc) is 2.61. The lowest BCUT2D eigenvalue weighted by atomic mass is 9.80. The summed E-state index contributed by atoms with van der Waals surface area (Å²) in [6.07, 6.45) is 6.87. The van der Waals surface area contributed by atoms with Gasteiger partial charge in [-0.2, -0.15) is 0 Å². The topological polar surface area (TPSA) is 15.3 Å². The van der Waals surface area contributed by atoms with E-state index >= 15 is 0 Å². The second kappa shape index (κ2) is 5.05. The van der Waals surface area contributed by atoms with E-state index in [4.69, 9.17) is 0 Å². The van der Waals surface area contributed by atoms with E-state index in [-0.39, 0.29) is 0 Å². The molecule has 0 spiro atoms. The van der Waals surface area contributed by atoms with Gasteiger partial charge in [-0.25, -0.2) is 0 Å². The van der Waals surface area contributed by atoms with Gasteiger partial charge in [-0.05, 0) is 57.5 Å². The smallest absolute Gasteiger partial charge is 0.00962 e. The second-order valence-corrected chi connectivity index (χ2v) is 6.22. The Bertz CT molecular complexity index is 221. The van der Waals surface area contributed by atoms with E-state index in [2.05, 4.69) is 31.0 Å². The molecule has 0 radical (unpaired) electrons. The first-order chi connectivity index (χ1) is 7.64. The van der Waals surface area contributed by atoms with Crippen molar-refractivity contribution in [3.63, 3.8) is 0 Å². The van der Waals surface area contributed by atoms with Crippen LogP contribution in [0.25, 0.3) is 0 Å². The molecule has 2 saturated heterocycles. The molecule has 0 aromatic carbocycles. The van der Waals surface area contributed by atoms with Gasteiger partial charge in [0, 0.05) is 18.6 Å². The van der Waals surface area contributed by atoms with Crippen molar-refractivity contribution in [2.75, 3.05) is 19.6 Å². The van der Waals surface area contributed by atoms with Crippen LogP contribution < -0.4 is 5.32 Å².